The summed E-state index contributed by atoms with van der Waals surface area (Å²) in [5, 5.41) is 0. The molecule has 1 atom stereocenters. The third-order valence-electron chi connectivity index (χ3n) is 5.19. The summed E-state index contributed by atoms with van der Waals surface area (Å²) < 4.78 is 30.2. The zero-order valence-electron chi connectivity index (χ0n) is 18.2. The SMILES string of the molecule is COc1ccc(C(C)Oc2ccc(CN3C=CN(c4ccnc(F)c4)C3)cc2OC)cn1. The second-order valence-electron chi connectivity index (χ2n) is 7.37. The standard InChI is InChI=1S/C24H25FN4O3/c1-17(19-5-7-24(31-3)27-14-19)32-21-6-4-18(12-22(21)30-2)15-28-10-11-29(16-28)20-8-9-26-23(25)13-20/h4-14,17H,15-16H2,1-3H3. The van der Waals surface area contributed by atoms with E-state index in [1.807, 2.05) is 54.6 Å². The maximum absolute atomic E-state index is 13.4. The first-order valence-corrected chi connectivity index (χ1v) is 10.2. The van der Waals surface area contributed by atoms with E-state index in [1.54, 1.807) is 26.5 Å². The van der Waals surface area contributed by atoms with Gasteiger partial charge >= 0.3 is 0 Å². The summed E-state index contributed by atoms with van der Waals surface area (Å²) in [5.41, 5.74) is 2.77. The molecule has 166 valence electrons. The van der Waals surface area contributed by atoms with Crippen LogP contribution in [0.4, 0.5) is 10.1 Å². The highest BCUT2D eigenvalue weighted by atomic mass is 19.1. The molecule has 0 saturated carbocycles. The molecule has 1 aliphatic rings. The number of hydrogen-bond acceptors (Lipinski definition) is 7. The minimum atomic E-state index is -0.491. The first kappa shape index (κ1) is 21.4. The Labute approximate surface area is 186 Å². The molecule has 0 N–H and O–H groups in total. The molecule has 1 aliphatic heterocycles. The lowest BCUT2D eigenvalue weighted by atomic mass is 10.1. The molecule has 0 amide bonds. The summed E-state index contributed by atoms with van der Waals surface area (Å²) in [6.45, 7) is 3.25. The van der Waals surface area contributed by atoms with Gasteiger partial charge < -0.3 is 24.0 Å². The quantitative estimate of drug-likeness (QED) is 0.481. The van der Waals surface area contributed by atoms with E-state index in [4.69, 9.17) is 14.2 Å². The Morgan fingerprint density at radius 1 is 1.00 bits per heavy atom. The highest BCUT2D eigenvalue weighted by Crippen LogP contribution is 2.33. The Kier molecular flexibility index (Phi) is 6.39. The van der Waals surface area contributed by atoms with E-state index < -0.39 is 5.95 Å². The first-order valence-electron chi connectivity index (χ1n) is 10.2. The number of anilines is 1. The third-order valence-corrected chi connectivity index (χ3v) is 5.19. The Morgan fingerprint density at radius 2 is 1.88 bits per heavy atom. The lowest BCUT2D eigenvalue weighted by Gasteiger charge is -2.22. The number of ether oxygens (including phenoxy) is 3. The molecule has 3 aromatic rings. The highest BCUT2D eigenvalue weighted by Gasteiger charge is 2.17. The van der Waals surface area contributed by atoms with E-state index in [2.05, 4.69) is 14.9 Å². The summed E-state index contributed by atoms with van der Waals surface area (Å²) >= 11 is 0. The molecule has 0 radical (unpaired) electrons. The second-order valence-corrected chi connectivity index (χ2v) is 7.37. The number of aromatic nitrogens is 2. The molecule has 1 aromatic carbocycles. The van der Waals surface area contributed by atoms with Crippen molar-refractivity contribution in [2.45, 2.75) is 19.6 Å². The molecule has 0 saturated heterocycles. The van der Waals surface area contributed by atoms with Crippen LogP contribution in [0.15, 0.2) is 67.3 Å². The van der Waals surface area contributed by atoms with Crippen molar-refractivity contribution >= 4 is 5.69 Å². The lowest BCUT2D eigenvalue weighted by Crippen LogP contribution is -2.24. The van der Waals surface area contributed by atoms with Crippen LogP contribution in [0.1, 0.15) is 24.2 Å². The van der Waals surface area contributed by atoms with Crippen LogP contribution in [0, 0.1) is 5.95 Å². The minimum Gasteiger partial charge on any atom is -0.493 e. The van der Waals surface area contributed by atoms with Gasteiger partial charge in [-0.3, -0.25) is 0 Å². The van der Waals surface area contributed by atoms with Gasteiger partial charge in [0, 0.05) is 54.7 Å². The van der Waals surface area contributed by atoms with Crippen LogP contribution in [0.25, 0.3) is 0 Å². The largest absolute Gasteiger partial charge is 0.493 e. The van der Waals surface area contributed by atoms with Gasteiger partial charge in [0.05, 0.1) is 20.9 Å². The number of pyridine rings is 2. The summed E-state index contributed by atoms with van der Waals surface area (Å²) in [5.74, 6) is 1.39. The van der Waals surface area contributed by atoms with Crippen LogP contribution in [-0.4, -0.2) is 35.8 Å². The molecule has 3 heterocycles. The van der Waals surface area contributed by atoms with Gasteiger partial charge in [-0.2, -0.15) is 4.39 Å². The summed E-state index contributed by atoms with van der Waals surface area (Å²) in [4.78, 5) is 11.9. The topological polar surface area (TPSA) is 60.0 Å². The zero-order chi connectivity index (χ0) is 22.5. The number of methoxy groups -OCH3 is 2. The van der Waals surface area contributed by atoms with Crippen LogP contribution in [0.3, 0.4) is 0 Å². The zero-order valence-corrected chi connectivity index (χ0v) is 18.2. The molecule has 8 heteroatoms. The van der Waals surface area contributed by atoms with Gasteiger partial charge in [-0.05, 0) is 36.8 Å². The molecule has 32 heavy (non-hydrogen) atoms. The Bertz CT molecular complexity index is 1090. The van der Waals surface area contributed by atoms with Crippen molar-refractivity contribution in [3.63, 3.8) is 0 Å². The monoisotopic (exact) mass is 436 g/mol. The molecule has 0 bridgehead atoms. The lowest BCUT2D eigenvalue weighted by molar-refractivity contribution is 0.215. The fraction of sp³-hybridized carbons (Fsp3) is 0.250. The smallest absolute Gasteiger partial charge is 0.214 e. The maximum Gasteiger partial charge on any atom is 0.214 e. The minimum absolute atomic E-state index is 0.205. The van der Waals surface area contributed by atoms with Gasteiger partial charge in [-0.25, -0.2) is 9.97 Å². The van der Waals surface area contributed by atoms with Crippen molar-refractivity contribution in [3.05, 3.63) is 84.3 Å². The fourth-order valence-electron chi connectivity index (χ4n) is 3.46. The highest BCUT2D eigenvalue weighted by molar-refractivity contribution is 5.49. The number of rotatable bonds is 8. The Morgan fingerprint density at radius 3 is 2.59 bits per heavy atom. The van der Waals surface area contributed by atoms with E-state index in [1.165, 1.54) is 12.3 Å². The predicted molar refractivity (Wildman–Crippen MR) is 119 cm³/mol. The van der Waals surface area contributed by atoms with Crippen molar-refractivity contribution in [3.8, 4) is 17.4 Å². The van der Waals surface area contributed by atoms with Crippen molar-refractivity contribution in [1.29, 1.82) is 0 Å². The first-order chi connectivity index (χ1) is 15.6. The molecule has 0 aliphatic carbocycles. The number of halogens is 1. The number of benzene rings is 1. The molecule has 1 unspecified atom stereocenters. The Hall–Kier alpha value is -3.81. The summed E-state index contributed by atoms with van der Waals surface area (Å²) in [6, 6.07) is 12.8. The van der Waals surface area contributed by atoms with Gasteiger partial charge in [0.1, 0.15) is 6.10 Å². The van der Waals surface area contributed by atoms with Crippen molar-refractivity contribution in [2.24, 2.45) is 0 Å². The van der Waals surface area contributed by atoms with Crippen LogP contribution >= 0.6 is 0 Å². The van der Waals surface area contributed by atoms with Crippen molar-refractivity contribution in [1.82, 2.24) is 14.9 Å². The molecule has 0 spiro atoms. The average Bonchev–Trinajstić information content (AvgIpc) is 3.28. The molecule has 2 aromatic heterocycles. The van der Waals surface area contributed by atoms with Crippen LogP contribution < -0.4 is 19.1 Å². The average molecular weight is 436 g/mol. The molecule has 7 nitrogen and oxygen atoms in total. The van der Waals surface area contributed by atoms with E-state index >= 15 is 0 Å². The molecular weight excluding hydrogens is 411 g/mol. The van der Waals surface area contributed by atoms with Crippen molar-refractivity contribution < 1.29 is 18.6 Å². The number of nitrogens with zero attached hydrogens (tertiary/aromatic N) is 4. The van der Waals surface area contributed by atoms with E-state index in [-0.39, 0.29) is 6.10 Å². The maximum atomic E-state index is 13.4. The van der Waals surface area contributed by atoms with Gasteiger partial charge in [-0.1, -0.05) is 6.07 Å². The predicted octanol–water partition coefficient (Wildman–Crippen LogP) is 4.52. The Balaban J connectivity index is 1.40. The van der Waals surface area contributed by atoms with Crippen LogP contribution in [0.5, 0.6) is 17.4 Å². The normalized spacial score (nSPS) is 13.9. The van der Waals surface area contributed by atoms with Gasteiger partial charge in [0.25, 0.3) is 0 Å². The van der Waals surface area contributed by atoms with Crippen molar-refractivity contribution in [2.75, 3.05) is 25.8 Å². The van der Waals surface area contributed by atoms with E-state index in [9.17, 15) is 4.39 Å². The van der Waals surface area contributed by atoms with Gasteiger partial charge in [0.15, 0.2) is 11.5 Å². The van der Waals surface area contributed by atoms with E-state index in [0.717, 1.165) is 16.8 Å². The van der Waals surface area contributed by atoms with Crippen LogP contribution in [-0.2, 0) is 6.54 Å². The van der Waals surface area contributed by atoms with Gasteiger partial charge in [-0.15, -0.1) is 0 Å². The third kappa shape index (κ3) is 4.91. The molecule has 4 rings (SSSR count). The van der Waals surface area contributed by atoms with Crippen LogP contribution in [0.2, 0.25) is 0 Å². The molecule has 0 fully saturated rings. The summed E-state index contributed by atoms with van der Waals surface area (Å²) in [7, 11) is 3.21. The summed E-state index contributed by atoms with van der Waals surface area (Å²) in [6.07, 6.45) is 6.91. The molecular formula is C24H25FN4O3. The number of hydrogen-bond donors (Lipinski definition) is 0. The second kappa shape index (κ2) is 9.55. The van der Waals surface area contributed by atoms with Gasteiger partial charge in [0.2, 0.25) is 11.8 Å². The fourth-order valence-corrected chi connectivity index (χ4v) is 3.46. The van der Waals surface area contributed by atoms with E-state index in [0.29, 0.717) is 30.6 Å².